The molecule has 5 rings (SSSR count). The van der Waals surface area contributed by atoms with Gasteiger partial charge in [0.25, 0.3) is 5.91 Å². The van der Waals surface area contributed by atoms with Crippen LogP contribution in [0.4, 0.5) is 5.69 Å². The Balaban J connectivity index is 1.45. The van der Waals surface area contributed by atoms with Crippen LogP contribution in [0.1, 0.15) is 21.7 Å². The number of H-pyrrole nitrogens is 2. The van der Waals surface area contributed by atoms with Crippen molar-refractivity contribution in [3.63, 3.8) is 0 Å². The number of aromatic nitrogens is 6. The lowest BCUT2D eigenvalue weighted by molar-refractivity contribution is 0.102. The van der Waals surface area contributed by atoms with E-state index >= 15 is 0 Å². The third kappa shape index (κ3) is 2.68. The summed E-state index contributed by atoms with van der Waals surface area (Å²) in [5, 5.41) is 14.1. The van der Waals surface area contributed by atoms with Gasteiger partial charge in [0.15, 0.2) is 5.82 Å². The van der Waals surface area contributed by atoms with Gasteiger partial charge in [-0.2, -0.15) is 10.2 Å². The number of aromatic amines is 2. The summed E-state index contributed by atoms with van der Waals surface area (Å²) in [7, 11) is 2.08. The first-order chi connectivity index (χ1) is 13.2. The molecule has 0 atom stereocenters. The van der Waals surface area contributed by atoms with Crippen LogP contribution in [0.25, 0.3) is 17.0 Å². The molecule has 1 aliphatic rings. The van der Waals surface area contributed by atoms with Crippen molar-refractivity contribution >= 4 is 17.1 Å². The molecular weight excluding hydrogens is 344 g/mol. The number of nitrogens with zero attached hydrogens (tertiary/aromatic N) is 5. The number of nitrogens with one attached hydrogen (secondary N) is 3. The van der Waals surface area contributed by atoms with Crippen molar-refractivity contribution in [1.29, 1.82) is 0 Å². The second-order valence-corrected chi connectivity index (χ2v) is 6.70. The number of likely N-dealkylation sites (N-methyl/N-ethyl adjacent to an activating group) is 1. The average Bonchev–Trinajstić information content (AvgIpc) is 3.38. The minimum absolute atomic E-state index is 0.241. The summed E-state index contributed by atoms with van der Waals surface area (Å²) in [5.41, 5.74) is 4.66. The average molecular weight is 362 g/mol. The molecule has 5 heterocycles. The van der Waals surface area contributed by atoms with Crippen molar-refractivity contribution in [2.75, 3.05) is 18.9 Å². The standard InChI is InChI=1S/C18H18N8O/c1-25-7-5-12-14(10-25)22-17(21-12)16-13(9-19-24-16)23-18(27)11-8-20-26-6-3-2-4-15(11)26/h2-4,6,8-9H,5,7,10H2,1H3,(H,19,24)(H,21,22)(H,23,27). The maximum atomic E-state index is 12.8. The molecule has 0 aromatic carbocycles. The number of anilines is 1. The van der Waals surface area contributed by atoms with E-state index < -0.39 is 0 Å². The lowest BCUT2D eigenvalue weighted by Gasteiger charge is -2.20. The zero-order valence-corrected chi connectivity index (χ0v) is 14.7. The van der Waals surface area contributed by atoms with Crippen molar-refractivity contribution in [3.8, 4) is 11.5 Å². The van der Waals surface area contributed by atoms with Gasteiger partial charge in [0.05, 0.1) is 40.5 Å². The Morgan fingerprint density at radius 3 is 3.15 bits per heavy atom. The quantitative estimate of drug-likeness (QED) is 0.514. The third-order valence-corrected chi connectivity index (χ3v) is 4.82. The SMILES string of the molecule is CN1CCc2nc(-c3[nH]ncc3NC(=O)c3cnn4ccccc34)[nH]c2C1. The summed E-state index contributed by atoms with van der Waals surface area (Å²) in [4.78, 5) is 23.0. The van der Waals surface area contributed by atoms with E-state index in [-0.39, 0.29) is 5.91 Å². The second-order valence-electron chi connectivity index (χ2n) is 6.70. The molecule has 4 aromatic heterocycles. The van der Waals surface area contributed by atoms with Crippen LogP contribution < -0.4 is 5.32 Å². The topological polar surface area (TPSA) is 107 Å². The van der Waals surface area contributed by atoms with Gasteiger partial charge in [0, 0.05) is 25.7 Å². The van der Waals surface area contributed by atoms with Crippen LogP contribution in [-0.4, -0.2) is 54.2 Å². The molecular formula is C18H18N8O. The van der Waals surface area contributed by atoms with Crippen molar-refractivity contribution in [1.82, 2.24) is 34.7 Å². The van der Waals surface area contributed by atoms with Gasteiger partial charge in [-0.15, -0.1) is 0 Å². The first-order valence-corrected chi connectivity index (χ1v) is 8.73. The smallest absolute Gasteiger partial charge is 0.259 e. The van der Waals surface area contributed by atoms with Crippen LogP contribution in [0.3, 0.4) is 0 Å². The van der Waals surface area contributed by atoms with E-state index in [9.17, 15) is 4.79 Å². The summed E-state index contributed by atoms with van der Waals surface area (Å²) >= 11 is 0. The maximum absolute atomic E-state index is 12.8. The molecule has 9 nitrogen and oxygen atoms in total. The Kier molecular flexibility index (Phi) is 3.54. The van der Waals surface area contributed by atoms with Gasteiger partial charge in [-0.3, -0.25) is 9.89 Å². The lowest BCUT2D eigenvalue weighted by atomic mass is 10.2. The first kappa shape index (κ1) is 15.8. The number of carbonyl (C=O) groups excluding carboxylic acids is 1. The Labute approximate surface area is 154 Å². The Hall–Kier alpha value is -3.46. The number of pyridine rings is 1. The highest BCUT2D eigenvalue weighted by molar-refractivity contribution is 6.09. The molecule has 0 fully saturated rings. The summed E-state index contributed by atoms with van der Waals surface area (Å²) < 4.78 is 1.67. The minimum Gasteiger partial charge on any atom is -0.339 e. The van der Waals surface area contributed by atoms with Gasteiger partial charge in [-0.25, -0.2) is 9.50 Å². The lowest BCUT2D eigenvalue weighted by Crippen LogP contribution is -2.26. The van der Waals surface area contributed by atoms with Gasteiger partial charge < -0.3 is 15.2 Å². The highest BCUT2D eigenvalue weighted by Gasteiger charge is 2.21. The fourth-order valence-corrected chi connectivity index (χ4v) is 3.41. The zero-order valence-electron chi connectivity index (χ0n) is 14.7. The molecule has 1 aliphatic heterocycles. The highest BCUT2D eigenvalue weighted by atomic mass is 16.1. The molecule has 9 heteroatoms. The molecule has 0 saturated heterocycles. The van der Waals surface area contributed by atoms with Crippen LogP contribution in [-0.2, 0) is 13.0 Å². The van der Waals surface area contributed by atoms with E-state index in [1.165, 1.54) is 0 Å². The number of rotatable bonds is 3. The van der Waals surface area contributed by atoms with E-state index in [2.05, 4.69) is 42.5 Å². The molecule has 0 unspecified atom stereocenters. The van der Waals surface area contributed by atoms with Gasteiger partial charge in [0.1, 0.15) is 5.69 Å². The molecule has 0 aliphatic carbocycles. The number of imidazole rings is 1. The van der Waals surface area contributed by atoms with Gasteiger partial charge in [-0.1, -0.05) is 6.07 Å². The summed E-state index contributed by atoms with van der Waals surface area (Å²) in [5.74, 6) is 0.442. The number of fused-ring (bicyclic) bond motifs is 2. The molecule has 0 spiro atoms. The monoisotopic (exact) mass is 362 g/mol. The van der Waals surface area contributed by atoms with Crippen molar-refractivity contribution < 1.29 is 4.79 Å². The number of amides is 1. The summed E-state index contributed by atoms with van der Waals surface area (Å²) in [6, 6.07) is 5.60. The van der Waals surface area contributed by atoms with E-state index in [0.717, 1.165) is 36.4 Å². The van der Waals surface area contributed by atoms with Crippen LogP contribution in [0.2, 0.25) is 0 Å². The van der Waals surface area contributed by atoms with Crippen LogP contribution in [0, 0.1) is 0 Å². The molecule has 3 N–H and O–H groups in total. The molecule has 27 heavy (non-hydrogen) atoms. The first-order valence-electron chi connectivity index (χ1n) is 8.73. The highest BCUT2D eigenvalue weighted by Crippen LogP contribution is 2.27. The molecule has 1 amide bonds. The van der Waals surface area contributed by atoms with Crippen molar-refractivity contribution in [2.45, 2.75) is 13.0 Å². The molecule has 0 radical (unpaired) electrons. The van der Waals surface area contributed by atoms with Crippen LogP contribution >= 0.6 is 0 Å². The predicted octanol–water partition coefficient (Wildman–Crippen LogP) is 1.69. The fraction of sp³-hybridized carbons (Fsp3) is 0.222. The third-order valence-electron chi connectivity index (χ3n) is 4.82. The molecule has 0 saturated carbocycles. The van der Waals surface area contributed by atoms with Crippen LogP contribution in [0.15, 0.2) is 36.8 Å². The Morgan fingerprint density at radius 1 is 1.30 bits per heavy atom. The van der Waals surface area contributed by atoms with Crippen molar-refractivity contribution in [3.05, 3.63) is 53.7 Å². The molecule has 136 valence electrons. The minimum atomic E-state index is -0.241. The maximum Gasteiger partial charge on any atom is 0.259 e. The Bertz CT molecular complexity index is 1140. The van der Waals surface area contributed by atoms with Gasteiger partial charge in [0.2, 0.25) is 0 Å². The normalized spacial score (nSPS) is 14.4. The number of hydrogen-bond donors (Lipinski definition) is 3. The van der Waals surface area contributed by atoms with E-state index in [0.29, 0.717) is 22.8 Å². The number of hydrogen-bond acceptors (Lipinski definition) is 5. The van der Waals surface area contributed by atoms with E-state index in [1.54, 1.807) is 23.1 Å². The van der Waals surface area contributed by atoms with E-state index in [4.69, 9.17) is 0 Å². The second kappa shape index (κ2) is 6.06. The van der Waals surface area contributed by atoms with Gasteiger partial charge in [-0.05, 0) is 19.2 Å². The van der Waals surface area contributed by atoms with Gasteiger partial charge >= 0.3 is 0 Å². The van der Waals surface area contributed by atoms with E-state index in [1.807, 2.05) is 18.2 Å². The molecule has 4 aromatic rings. The number of carbonyl (C=O) groups is 1. The Morgan fingerprint density at radius 2 is 2.22 bits per heavy atom. The zero-order chi connectivity index (χ0) is 18.4. The predicted molar refractivity (Wildman–Crippen MR) is 99.4 cm³/mol. The largest absolute Gasteiger partial charge is 0.339 e. The summed E-state index contributed by atoms with van der Waals surface area (Å²) in [6.07, 6.45) is 5.86. The van der Waals surface area contributed by atoms with Crippen molar-refractivity contribution in [2.24, 2.45) is 0 Å². The fourth-order valence-electron chi connectivity index (χ4n) is 3.41. The summed E-state index contributed by atoms with van der Waals surface area (Å²) in [6.45, 7) is 1.82. The van der Waals surface area contributed by atoms with Crippen LogP contribution in [0.5, 0.6) is 0 Å². The molecule has 0 bridgehead atoms.